The first-order chi connectivity index (χ1) is 11.3. The van der Waals surface area contributed by atoms with Gasteiger partial charge in [-0.25, -0.2) is 4.98 Å². The highest BCUT2D eigenvalue weighted by Crippen LogP contribution is 2.17. The van der Waals surface area contributed by atoms with E-state index in [1.54, 1.807) is 18.5 Å². The Labute approximate surface area is 133 Å². The Bertz CT molecular complexity index is 834. The van der Waals surface area contributed by atoms with Crippen molar-refractivity contribution in [2.75, 3.05) is 18.5 Å². The molecule has 0 radical (unpaired) electrons. The SMILES string of the molecule is N#Cc1ccc2ncc(CNc3ccc(OCCO)cc3)n2c1. The van der Waals surface area contributed by atoms with Crippen LogP contribution in [0.5, 0.6) is 5.75 Å². The van der Waals surface area contributed by atoms with Crippen LogP contribution in [0.4, 0.5) is 5.69 Å². The number of hydrogen-bond acceptors (Lipinski definition) is 5. The lowest BCUT2D eigenvalue weighted by Gasteiger charge is -2.08. The highest BCUT2D eigenvalue weighted by atomic mass is 16.5. The minimum Gasteiger partial charge on any atom is -0.491 e. The largest absolute Gasteiger partial charge is 0.491 e. The van der Waals surface area contributed by atoms with Crippen molar-refractivity contribution in [3.63, 3.8) is 0 Å². The van der Waals surface area contributed by atoms with Crippen LogP contribution >= 0.6 is 0 Å². The number of nitriles is 1. The molecule has 0 bridgehead atoms. The fourth-order valence-electron chi connectivity index (χ4n) is 2.25. The number of hydrogen-bond donors (Lipinski definition) is 2. The zero-order chi connectivity index (χ0) is 16.1. The lowest BCUT2D eigenvalue weighted by molar-refractivity contribution is 0.201. The molecule has 2 aromatic heterocycles. The molecule has 116 valence electrons. The van der Waals surface area contributed by atoms with Crippen molar-refractivity contribution in [1.82, 2.24) is 9.38 Å². The van der Waals surface area contributed by atoms with Gasteiger partial charge in [0.25, 0.3) is 0 Å². The van der Waals surface area contributed by atoms with E-state index in [0.717, 1.165) is 22.8 Å². The maximum atomic E-state index is 8.99. The van der Waals surface area contributed by atoms with E-state index >= 15 is 0 Å². The number of aliphatic hydroxyl groups is 1. The maximum absolute atomic E-state index is 8.99. The molecule has 0 aliphatic heterocycles. The Morgan fingerprint density at radius 2 is 2.04 bits per heavy atom. The number of fused-ring (bicyclic) bond motifs is 1. The molecule has 0 fully saturated rings. The second kappa shape index (κ2) is 6.81. The van der Waals surface area contributed by atoms with Crippen molar-refractivity contribution >= 4 is 11.3 Å². The van der Waals surface area contributed by atoms with E-state index in [-0.39, 0.29) is 13.2 Å². The Kier molecular flexibility index (Phi) is 4.41. The Morgan fingerprint density at radius 3 is 2.78 bits per heavy atom. The molecular weight excluding hydrogens is 292 g/mol. The normalized spacial score (nSPS) is 10.4. The molecule has 2 N–H and O–H groups in total. The van der Waals surface area contributed by atoms with Crippen LogP contribution in [0.1, 0.15) is 11.3 Å². The van der Waals surface area contributed by atoms with E-state index in [1.165, 1.54) is 0 Å². The Balaban J connectivity index is 1.69. The van der Waals surface area contributed by atoms with Gasteiger partial charge in [-0.1, -0.05) is 0 Å². The number of imidazole rings is 1. The standard InChI is InChI=1S/C17H16N4O2/c18-9-13-1-6-17-20-11-15(21(17)12-13)10-19-14-2-4-16(5-3-14)23-8-7-22/h1-6,11-12,19,22H,7-8,10H2. The summed E-state index contributed by atoms with van der Waals surface area (Å²) in [5, 5.41) is 21.0. The van der Waals surface area contributed by atoms with Crippen LogP contribution in [0.3, 0.4) is 0 Å². The minimum atomic E-state index is -0.00102. The summed E-state index contributed by atoms with van der Waals surface area (Å²) in [6.45, 7) is 0.877. The summed E-state index contributed by atoms with van der Waals surface area (Å²) in [5.41, 5.74) is 3.33. The molecule has 0 aliphatic rings. The third kappa shape index (κ3) is 3.42. The monoisotopic (exact) mass is 308 g/mol. The number of pyridine rings is 1. The molecule has 23 heavy (non-hydrogen) atoms. The quantitative estimate of drug-likeness (QED) is 0.729. The van der Waals surface area contributed by atoms with Crippen molar-refractivity contribution < 1.29 is 9.84 Å². The van der Waals surface area contributed by atoms with Crippen molar-refractivity contribution in [2.24, 2.45) is 0 Å². The van der Waals surface area contributed by atoms with Gasteiger partial charge in [-0.2, -0.15) is 5.26 Å². The minimum absolute atomic E-state index is 0.00102. The summed E-state index contributed by atoms with van der Waals surface area (Å²) < 4.78 is 7.23. The first kappa shape index (κ1) is 14.9. The van der Waals surface area contributed by atoms with Gasteiger partial charge in [0.1, 0.15) is 24.1 Å². The van der Waals surface area contributed by atoms with Crippen LogP contribution in [-0.2, 0) is 6.54 Å². The van der Waals surface area contributed by atoms with Crippen molar-refractivity contribution in [3.8, 4) is 11.8 Å². The number of rotatable bonds is 6. The number of aromatic nitrogens is 2. The molecule has 6 heteroatoms. The van der Waals surface area contributed by atoms with Crippen LogP contribution in [-0.4, -0.2) is 27.7 Å². The molecule has 6 nitrogen and oxygen atoms in total. The number of aliphatic hydroxyl groups excluding tert-OH is 1. The van der Waals surface area contributed by atoms with Gasteiger partial charge in [0.2, 0.25) is 0 Å². The molecule has 0 saturated heterocycles. The third-order valence-electron chi connectivity index (χ3n) is 3.40. The molecule has 0 aliphatic carbocycles. The summed E-state index contributed by atoms with van der Waals surface area (Å²) in [5.74, 6) is 0.720. The number of ether oxygens (including phenoxy) is 1. The number of nitrogens with zero attached hydrogens (tertiary/aromatic N) is 3. The Morgan fingerprint density at radius 1 is 1.22 bits per heavy atom. The predicted octanol–water partition coefficient (Wildman–Crippen LogP) is 2.19. The van der Waals surface area contributed by atoms with Gasteiger partial charge in [0.15, 0.2) is 0 Å². The first-order valence-electron chi connectivity index (χ1n) is 7.24. The molecule has 0 unspecified atom stereocenters. The summed E-state index contributed by atoms with van der Waals surface area (Å²) in [6, 6.07) is 13.2. The lowest BCUT2D eigenvalue weighted by Crippen LogP contribution is -2.04. The summed E-state index contributed by atoms with van der Waals surface area (Å²) in [6.07, 6.45) is 3.58. The zero-order valence-corrected chi connectivity index (χ0v) is 12.4. The van der Waals surface area contributed by atoms with Gasteiger partial charge in [0, 0.05) is 11.9 Å². The van der Waals surface area contributed by atoms with Crippen LogP contribution in [0, 0.1) is 11.3 Å². The third-order valence-corrected chi connectivity index (χ3v) is 3.40. The second-order valence-electron chi connectivity index (χ2n) is 4.96. The maximum Gasteiger partial charge on any atom is 0.137 e. The summed E-state index contributed by atoms with van der Waals surface area (Å²) in [7, 11) is 0. The highest BCUT2D eigenvalue weighted by Gasteiger charge is 2.04. The van der Waals surface area contributed by atoms with E-state index in [2.05, 4.69) is 16.4 Å². The number of nitrogens with one attached hydrogen (secondary N) is 1. The molecular formula is C17H16N4O2. The van der Waals surface area contributed by atoms with Crippen molar-refractivity contribution in [2.45, 2.75) is 6.54 Å². The molecule has 1 aromatic carbocycles. The topological polar surface area (TPSA) is 82.6 Å². The van der Waals surface area contributed by atoms with Gasteiger partial charge >= 0.3 is 0 Å². The number of benzene rings is 1. The van der Waals surface area contributed by atoms with Gasteiger partial charge in [-0.15, -0.1) is 0 Å². The van der Waals surface area contributed by atoms with Crippen LogP contribution in [0.25, 0.3) is 5.65 Å². The smallest absolute Gasteiger partial charge is 0.137 e. The Hall–Kier alpha value is -3.04. The molecule has 3 aromatic rings. The zero-order valence-electron chi connectivity index (χ0n) is 12.4. The molecule has 3 rings (SSSR count). The lowest BCUT2D eigenvalue weighted by atomic mass is 10.3. The van der Waals surface area contributed by atoms with E-state index in [0.29, 0.717) is 12.1 Å². The number of anilines is 1. The average molecular weight is 308 g/mol. The van der Waals surface area contributed by atoms with Gasteiger partial charge in [-0.3, -0.25) is 0 Å². The summed E-state index contributed by atoms with van der Waals surface area (Å²) >= 11 is 0. The average Bonchev–Trinajstić information content (AvgIpc) is 3.01. The fourth-order valence-corrected chi connectivity index (χ4v) is 2.25. The van der Waals surface area contributed by atoms with E-state index in [1.807, 2.05) is 34.7 Å². The predicted molar refractivity (Wildman–Crippen MR) is 86.3 cm³/mol. The van der Waals surface area contributed by atoms with Crippen LogP contribution < -0.4 is 10.1 Å². The molecule has 2 heterocycles. The van der Waals surface area contributed by atoms with Crippen molar-refractivity contribution in [3.05, 3.63) is 60.0 Å². The van der Waals surface area contributed by atoms with Crippen LogP contribution in [0.15, 0.2) is 48.8 Å². The van der Waals surface area contributed by atoms with Crippen molar-refractivity contribution in [1.29, 1.82) is 5.26 Å². The van der Waals surface area contributed by atoms with E-state index in [4.69, 9.17) is 15.1 Å². The molecule has 0 amide bonds. The summed E-state index contributed by atoms with van der Waals surface area (Å²) in [4.78, 5) is 4.32. The van der Waals surface area contributed by atoms with Crippen LogP contribution in [0.2, 0.25) is 0 Å². The molecule has 0 atom stereocenters. The molecule has 0 spiro atoms. The van der Waals surface area contributed by atoms with E-state index in [9.17, 15) is 0 Å². The van der Waals surface area contributed by atoms with E-state index < -0.39 is 0 Å². The van der Waals surface area contributed by atoms with Gasteiger partial charge in [0.05, 0.1) is 30.6 Å². The van der Waals surface area contributed by atoms with Gasteiger partial charge < -0.3 is 19.6 Å². The van der Waals surface area contributed by atoms with Gasteiger partial charge in [-0.05, 0) is 36.4 Å². The fraction of sp³-hybridized carbons (Fsp3) is 0.176. The molecule has 0 saturated carbocycles. The first-order valence-corrected chi connectivity index (χ1v) is 7.24. The highest BCUT2D eigenvalue weighted by molar-refractivity contribution is 5.48. The second-order valence-corrected chi connectivity index (χ2v) is 4.96.